The molecular formula is C33H30BIrN2OSi-2. The number of nitrogens with zero attached hydrogens (tertiary/aromatic N) is 2. The summed E-state index contributed by atoms with van der Waals surface area (Å²) in [7, 11) is -1.38. The van der Waals surface area contributed by atoms with Gasteiger partial charge >= 0.3 is 0 Å². The van der Waals surface area contributed by atoms with Crippen LogP contribution in [0.25, 0.3) is 44.5 Å². The van der Waals surface area contributed by atoms with Gasteiger partial charge in [0.1, 0.15) is 5.58 Å². The van der Waals surface area contributed by atoms with Crippen molar-refractivity contribution >= 4 is 43.6 Å². The minimum Gasteiger partial charge on any atom is -0.501 e. The van der Waals surface area contributed by atoms with Crippen molar-refractivity contribution in [3.05, 3.63) is 115 Å². The Morgan fingerprint density at radius 2 is 1.54 bits per heavy atom. The van der Waals surface area contributed by atoms with E-state index in [0.29, 0.717) is 0 Å². The van der Waals surface area contributed by atoms with Crippen LogP contribution in [0.3, 0.4) is 0 Å². The molecule has 6 aromatic rings. The molecule has 3 nitrogen and oxygen atoms in total. The average Bonchev–Trinajstić information content (AvgIpc) is 3.28. The molecule has 0 spiro atoms. The predicted molar refractivity (Wildman–Crippen MR) is 163 cm³/mol. The van der Waals surface area contributed by atoms with Crippen LogP contribution in [0, 0.1) is 26.0 Å². The van der Waals surface area contributed by atoms with Crippen molar-refractivity contribution in [2.45, 2.75) is 33.5 Å². The number of benzene rings is 3. The molecule has 0 unspecified atom stereocenters. The summed E-state index contributed by atoms with van der Waals surface area (Å²) in [5.41, 5.74) is 8.21. The molecule has 4 radical (unpaired) electrons. The van der Waals surface area contributed by atoms with Crippen LogP contribution in [0.2, 0.25) is 19.6 Å². The molecule has 0 aliphatic rings. The molecule has 0 atom stereocenters. The van der Waals surface area contributed by atoms with E-state index < -0.39 is 8.07 Å². The summed E-state index contributed by atoms with van der Waals surface area (Å²) < 4.78 is 6.11. The van der Waals surface area contributed by atoms with Crippen molar-refractivity contribution in [2.24, 2.45) is 0 Å². The summed E-state index contributed by atoms with van der Waals surface area (Å²) in [6.45, 7) is 11.3. The Bertz CT molecular complexity index is 1690. The molecular weight excluding hydrogens is 671 g/mol. The Hall–Kier alpha value is -3.31. The quantitative estimate of drug-likeness (QED) is 0.140. The van der Waals surface area contributed by atoms with Crippen LogP contribution in [-0.2, 0) is 20.1 Å². The summed E-state index contributed by atoms with van der Waals surface area (Å²) in [6, 6.07) is 32.7. The Morgan fingerprint density at radius 1 is 0.769 bits per heavy atom. The molecule has 3 aromatic carbocycles. The molecule has 0 aliphatic heterocycles. The van der Waals surface area contributed by atoms with Gasteiger partial charge in [-0.2, -0.15) is 0 Å². The van der Waals surface area contributed by atoms with E-state index in [1.54, 1.807) is 0 Å². The van der Waals surface area contributed by atoms with Crippen molar-refractivity contribution in [1.29, 1.82) is 0 Å². The van der Waals surface area contributed by atoms with E-state index in [9.17, 15) is 0 Å². The molecule has 0 amide bonds. The number of furan rings is 1. The van der Waals surface area contributed by atoms with E-state index in [1.807, 2.05) is 67.0 Å². The maximum Gasteiger partial charge on any atom is 0.120 e. The number of aryl methyl sites for hydroxylation is 2. The monoisotopic (exact) mass is 702 g/mol. The number of para-hydroxylation sites is 1. The van der Waals surface area contributed by atoms with E-state index in [2.05, 4.69) is 74.9 Å². The van der Waals surface area contributed by atoms with Gasteiger partial charge in [-0.25, -0.2) is 0 Å². The number of fused-ring (bicyclic) bond motifs is 3. The van der Waals surface area contributed by atoms with Crippen LogP contribution in [0.5, 0.6) is 0 Å². The standard InChI is InChI=1S/C21H20NOSi.C12H10N.B.Ir/c1-14-12-18(22-13-20(14)24(2,3)4)17-10-7-9-16-15-8-5-6-11-19(15)23-21(16)17;1-10-7-8-13-12(9-10)11-5-3-2-4-6-11;;/h5-9,11-13H,1-4H3;2-5,7-9H,1H3;;/q2*-1;;. The van der Waals surface area contributed by atoms with Crippen molar-refractivity contribution in [1.82, 2.24) is 9.97 Å². The fraction of sp³-hybridized carbons (Fsp3) is 0.152. The van der Waals surface area contributed by atoms with Crippen LogP contribution < -0.4 is 5.19 Å². The van der Waals surface area contributed by atoms with Gasteiger partial charge < -0.3 is 14.4 Å². The maximum atomic E-state index is 6.11. The third-order valence-corrected chi connectivity index (χ3v) is 8.55. The van der Waals surface area contributed by atoms with E-state index in [-0.39, 0.29) is 28.5 Å². The first-order chi connectivity index (χ1) is 17.8. The van der Waals surface area contributed by atoms with Gasteiger partial charge in [0.15, 0.2) is 0 Å². The zero-order valence-electron chi connectivity index (χ0n) is 22.9. The van der Waals surface area contributed by atoms with Crippen LogP contribution >= 0.6 is 0 Å². The molecule has 6 rings (SSSR count). The van der Waals surface area contributed by atoms with E-state index in [4.69, 9.17) is 9.40 Å². The second-order valence-corrected chi connectivity index (χ2v) is 15.4. The minimum atomic E-state index is -1.38. The predicted octanol–water partition coefficient (Wildman–Crippen LogP) is 7.78. The van der Waals surface area contributed by atoms with Gasteiger partial charge in [0.05, 0.1) is 13.7 Å². The van der Waals surface area contributed by atoms with Gasteiger partial charge in [-0.1, -0.05) is 72.0 Å². The van der Waals surface area contributed by atoms with Crippen LogP contribution in [0.1, 0.15) is 11.1 Å². The van der Waals surface area contributed by atoms with Gasteiger partial charge in [-0.15, -0.1) is 54.1 Å². The molecule has 0 fully saturated rings. The van der Waals surface area contributed by atoms with E-state index >= 15 is 0 Å². The molecule has 0 aliphatic carbocycles. The van der Waals surface area contributed by atoms with E-state index in [1.165, 1.54) is 16.3 Å². The molecule has 196 valence electrons. The zero-order valence-corrected chi connectivity index (χ0v) is 26.3. The summed E-state index contributed by atoms with van der Waals surface area (Å²) >= 11 is 0. The fourth-order valence-corrected chi connectivity index (χ4v) is 6.30. The number of aromatic nitrogens is 2. The first-order valence-electron chi connectivity index (χ1n) is 12.5. The summed E-state index contributed by atoms with van der Waals surface area (Å²) in [5.74, 6) is 0. The smallest absolute Gasteiger partial charge is 0.120 e. The Balaban J connectivity index is 0.000000240. The molecule has 3 heterocycles. The number of hydrogen-bond donors (Lipinski definition) is 0. The summed E-state index contributed by atoms with van der Waals surface area (Å²) in [4.78, 5) is 9.02. The topological polar surface area (TPSA) is 38.9 Å². The van der Waals surface area contributed by atoms with Crippen molar-refractivity contribution < 1.29 is 24.5 Å². The zero-order chi connectivity index (χ0) is 26.0. The molecule has 6 heteroatoms. The molecule has 0 bridgehead atoms. The van der Waals surface area contributed by atoms with E-state index in [0.717, 1.165) is 44.5 Å². The minimum absolute atomic E-state index is 0. The third-order valence-electron chi connectivity index (χ3n) is 6.41. The second kappa shape index (κ2) is 12.7. The average molecular weight is 702 g/mol. The number of hydrogen-bond acceptors (Lipinski definition) is 3. The molecule has 0 N–H and O–H groups in total. The van der Waals surface area contributed by atoms with Gasteiger partial charge in [-0.05, 0) is 42.6 Å². The molecule has 39 heavy (non-hydrogen) atoms. The Kier molecular flexibility index (Phi) is 9.84. The first kappa shape index (κ1) is 30.2. The number of pyridine rings is 2. The molecule has 3 aromatic heterocycles. The maximum absolute atomic E-state index is 6.11. The van der Waals surface area contributed by atoms with Gasteiger partial charge in [0.2, 0.25) is 0 Å². The molecule has 0 saturated carbocycles. The first-order valence-corrected chi connectivity index (χ1v) is 16.0. The normalized spacial score (nSPS) is 10.8. The van der Waals surface area contributed by atoms with Crippen LogP contribution in [-0.4, -0.2) is 26.5 Å². The van der Waals surface area contributed by atoms with Crippen molar-refractivity contribution in [3.8, 4) is 22.5 Å². The second-order valence-electron chi connectivity index (χ2n) is 10.3. The number of rotatable bonds is 3. The summed E-state index contributed by atoms with van der Waals surface area (Å²) in [5, 5.41) is 3.66. The van der Waals surface area contributed by atoms with Gasteiger partial charge in [-0.3, -0.25) is 0 Å². The fourth-order valence-electron chi connectivity index (χ4n) is 4.59. The molecule has 0 saturated heterocycles. The largest absolute Gasteiger partial charge is 0.501 e. The van der Waals surface area contributed by atoms with Gasteiger partial charge in [0.25, 0.3) is 0 Å². The SMILES string of the molecule is Cc1cc(-c2[c-]ccc3c2oc2ccccc23)ncc1[Si](C)(C)C.Cc1ccnc(-c2[c-]cccc2)c1.[B].[Ir]. The van der Waals surface area contributed by atoms with Gasteiger partial charge in [0, 0.05) is 46.3 Å². The summed E-state index contributed by atoms with van der Waals surface area (Å²) in [6.07, 6.45) is 3.87. The third kappa shape index (κ3) is 6.65. The van der Waals surface area contributed by atoms with Crippen molar-refractivity contribution in [2.75, 3.05) is 0 Å². The Morgan fingerprint density at radius 3 is 2.23 bits per heavy atom. The van der Waals surface area contributed by atoms with Crippen molar-refractivity contribution in [3.63, 3.8) is 0 Å². The van der Waals surface area contributed by atoms with Crippen LogP contribution in [0.4, 0.5) is 0 Å². The van der Waals surface area contributed by atoms with Crippen LogP contribution in [0.15, 0.2) is 95.7 Å². The Labute approximate surface area is 247 Å².